The van der Waals surface area contributed by atoms with Crippen molar-refractivity contribution in [1.29, 1.82) is 0 Å². The zero-order valence-corrected chi connectivity index (χ0v) is 14.7. The maximum absolute atomic E-state index is 12.7. The molecule has 2 aromatic rings. The Labute approximate surface area is 154 Å². The van der Waals surface area contributed by atoms with Crippen LogP contribution < -0.4 is 15.4 Å². The molecule has 0 aliphatic heterocycles. The number of benzene rings is 2. The lowest BCUT2D eigenvalue weighted by molar-refractivity contribution is -0.137. The van der Waals surface area contributed by atoms with E-state index in [4.69, 9.17) is 16.3 Å². The van der Waals surface area contributed by atoms with Crippen molar-refractivity contribution in [1.82, 2.24) is 5.32 Å². The Balaban J connectivity index is 1.85. The molecule has 0 aliphatic rings. The van der Waals surface area contributed by atoms with E-state index in [0.717, 1.165) is 29.5 Å². The quantitative estimate of drug-likeness (QED) is 0.752. The lowest BCUT2D eigenvalue weighted by Crippen LogP contribution is -2.31. The fraction of sp³-hybridized carbons (Fsp3) is 0.278. The third-order valence-corrected chi connectivity index (χ3v) is 3.97. The minimum Gasteiger partial charge on any atom is -0.496 e. The van der Waals surface area contributed by atoms with Gasteiger partial charge in [0.25, 0.3) is 0 Å². The SMILES string of the molecule is COc1ccccc1CCNC(=O)CNc1cc(C(F)(F)F)ccc1Cl. The number of methoxy groups -OCH3 is 1. The lowest BCUT2D eigenvalue weighted by Gasteiger charge is -2.13. The van der Waals surface area contributed by atoms with E-state index in [9.17, 15) is 18.0 Å². The smallest absolute Gasteiger partial charge is 0.416 e. The van der Waals surface area contributed by atoms with Crippen LogP contribution in [0.4, 0.5) is 18.9 Å². The number of hydrogen-bond acceptors (Lipinski definition) is 3. The molecular weight excluding hydrogens is 369 g/mol. The first-order valence-electron chi connectivity index (χ1n) is 7.80. The van der Waals surface area contributed by atoms with E-state index in [1.165, 1.54) is 0 Å². The van der Waals surface area contributed by atoms with E-state index in [1.54, 1.807) is 7.11 Å². The molecule has 2 N–H and O–H groups in total. The highest BCUT2D eigenvalue weighted by atomic mass is 35.5. The standard InChI is InChI=1S/C18H18ClF3N2O2/c1-26-16-5-3-2-4-12(16)8-9-23-17(25)11-24-15-10-13(18(20,21)22)6-7-14(15)19/h2-7,10,24H,8-9,11H2,1H3,(H,23,25). The molecule has 2 aromatic carbocycles. The van der Waals surface area contributed by atoms with Crippen molar-refractivity contribution in [2.75, 3.05) is 25.5 Å². The minimum absolute atomic E-state index is 0.0568. The van der Waals surface area contributed by atoms with Crippen molar-refractivity contribution >= 4 is 23.2 Å². The number of para-hydroxylation sites is 1. The van der Waals surface area contributed by atoms with E-state index in [0.29, 0.717) is 13.0 Å². The van der Waals surface area contributed by atoms with Gasteiger partial charge in [-0.25, -0.2) is 0 Å². The number of amides is 1. The van der Waals surface area contributed by atoms with Gasteiger partial charge >= 0.3 is 6.18 Å². The van der Waals surface area contributed by atoms with E-state index < -0.39 is 11.7 Å². The van der Waals surface area contributed by atoms with Gasteiger partial charge in [-0.15, -0.1) is 0 Å². The molecule has 8 heteroatoms. The Hall–Kier alpha value is -2.41. The summed E-state index contributed by atoms with van der Waals surface area (Å²) in [6.07, 6.45) is -3.90. The summed E-state index contributed by atoms with van der Waals surface area (Å²) in [6, 6.07) is 10.4. The van der Waals surface area contributed by atoms with Gasteiger partial charge in [-0.05, 0) is 36.2 Å². The summed E-state index contributed by atoms with van der Waals surface area (Å²) in [4.78, 5) is 11.9. The number of alkyl halides is 3. The Morgan fingerprint density at radius 3 is 2.62 bits per heavy atom. The van der Waals surface area contributed by atoms with Crippen molar-refractivity contribution in [2.24, 2.45) is 0 Å². The summed E-state index contributed by atoms with van der Waals surface area (Å²) in [7, 11) is 1.57. The molecule has 0 aliphatic carbocycles. The lowest BCUT2D eigenvalue weighted by atomic mass is 10.1. The molecular formula is C18H18ClF3N2O2. The number of hydrogen-bond donors (Lipinski definition) is 2. The summed E-state index contributed by atoms with van der Waals surface area (Å²) in [5, 5.41) is 5.43. The summed E-state index contributed by atoms with van der Waals surface area (Å²) < 4.78 is 43.4. The maximum atomic E-state index is 12.7. The molecule has 0 unspecified atom stereocenters. The maximum Gasteiger partial charge on any atom is 0.416 e. The molecule has 1 amide bonds. The Morgan fingerprint density at radius 1 is 1.19 bits per heavy atom. The average Bonchev–Trinajstić information content (AvgIpc) is 2.60. The summed E-state index contributed by atoms with van der Waals surface area (Å²) >= 11 is 5.87. The van der Waals surface area contributed by atoms with E-state index in [1.807, 2.05) is 24.3 Å². The van der Waals surface area contributed by atoms with Crippen LogP contribution in [0, 0.1) is 0 Å². The molecule has 140 valence electrons. The predicted molar refractivity (Wildman–Crippen MR) is 94.7 cm³/mol. The van der Waals surface area contributed by atoms with Crippen LogP contribution in [0.25, 0.3) is 0 Å². The van der Waals surface area contributed by atoms with Gasteiger partial charge in [0.05, 0.1) is 29.9 Å². The number of rotatable bonds is 7. The number of anilines is 1. The normalized spacial score (nSPS) is 11.1. The van der Waals surface area contributed by atoms with Crippen LogP contribution in [0.5, 0.6) is 5.75 Å². The number of ether oxygens (including phenoxy) is 1. The highest BCUT2D eigenvalue weighted by molar-refractivity contribution is 6.33. The molecule has 0 saturated heterocycles. The van der Waals surface area contributed by atoms with Gasteiger partial charge in [-0.1, -0.05) is 29.8 Å². The Kier molecular flexibility index (Phi) is 6.74. The van der Waals surface area contributed by atoms with Crippen LogP contribution in [-0.4, -0.2) is 26.1 Å². The van der Waals surface area contributed by atoms with Gasteiger partial charge in [0, 0.05) is 6.54 Å². The number of carbonyl (C=O) groups excluding carboxylic acids is 1. The van der Waals surface area contributed by atoms with Crippen LogP contribution in [0.2, 0.25) is 5.02 Å². The third kappa shape index (κ3) is 5.56. The van der Waals surface area contributed by atoms with Crippen LogP contribution in [0.3, 0.4) is 0 Å². The average molecular weight is 387 g/mol. The largest absolute Gasteiger partial charge is 0.496 e. The van der Waals surface area contributed by atoms with Crippen molar-refractivity contribution in [3.63, 3.8) is 0 Å². The van der Waals surface area contributed by atoms with Crippen molar-refractivity contribution in [2.45, 2.75) is 12.6 Å². The summed E-state index contributed by atoms with van der Waals surface area (Å²) in [5.74, 6) is 0.379. The Morgan fingerprint density at radius 2 is 1.92 bits per heavy atom. The molecule has 0 aromatic heterocycles. The number of halogens is 4. The molecule has 0 fully saturated rings. The zero-order chi connectivity index (χ0) is 19.2. The van der Waals surface area contributed by atoms with Crippen LogP contribution in [0.1, 0.15) is 11.1 Å². The Bertz CT molecular complexity index is 766. The van der Waals surface area contributed by atoms with Crippen LogP contribution in [0.15, 0.2) is 42.5 Å². The minimum atomic E-state index is -4.47. The molecule has 0 bridgehead atoms. The highest BCUT2D eigenvalue weighted by Crippen LogP contribution is 2.33. The van der Waals surface area contributed by atoms with Gasteiger partial charge in [-0.3, -0.25) is 4.79 Å². The molecule has 0 spiro atoms. The van der Waals surface area contributed by atoms with Crippen molar-refractivity contribution < 1.29 is 22.7 Å². The van der Waals surface area contributed by atoms with Gasteiger partial charge in [-0.2, -0.15) is 13.2 Å². The molecule has 2 rings (SSSR count). The third-order valence-electron chi connectivity index (χ3n) is 3.64. The second kappa shape index (κ2) is 8.80. The first kappa shape index (κ1) is 19.9. The first-order chi connectivity index (χ1) is 12.3. The van der Waals surface area contributed by atoms with Gasteiger partial charge in [0.1, 0.15) is 5.75 Å². The number of nitrogens with one attached hydrogen (secondary N) is 2. The molecule has 0 heterocycles. The van der Waals surface area contributed by atoms with Gasteiger partial charge in [0.15, 0.2) is 0 Å². The second-order valence-corrected chi connectivity index (χ2v) is 5.86. The van der Waals surface area contributed by atoms with Crippen molar-refractivity contribution in [3.8, 4) is 5.75 Å². The van der Waals surface area contributed by atoms with E-state index >= 15 is 0 Å². The first-order valence-corrected chi connectivity index (χ1v) is 8.18. The summed E-state index contributed by atoms with van der Waals surface area (Å²) in [6.45, 7) is 0.185. The molecule has 0 atom stereocenters. The van der Waals surface area contributed by atoms with Crippen molar-refractivity contribution in [3.05, 3.63) is 58.6 Å². The van der Waals surface area contributed by atoms with Crippen LogP contribution in [-0.2, 0) is 17.4 Å². The number of carbonyl (C=O) groups is 1. The second-order valence-electron chi connectivity index (χ2n) is 5.46. The fourth-order valence-electron chi connectivity index (χ4n) is 2.32. The predicted octanol–water partition coefficient (Wildman–Crippen LogP) is 4.14. The molecule has 4 nitrogen and oxygen atoms in total. The summed E-state index contributed by atoms with van der Waals surface area (Å²) in [5.41, 5.74) is 0.173. The highest BCUT2D eigenvalue weighted by Gasteiger charge is 2.30. The fourth-order valence-corrected chi connectivity index (χ4v) is 2.51. The topological polar surface area (TPSA) is 50.4 Å². The van der Waals surface area contributed by atoms with Gasteiger partial charge < -0.3 is 15.4 Å². The monoisotopic (exact) mass is 386 g/mol. The van der Waals surface area contributed by atoms with Gasteiger partial charge in [0.2, 0.25) is 5.91 Å². The molecule has 0 saturated carbocycles. The van der Waals surface area contributed by atoms with Crippen LogP contribution >= 0.6 is 11.6 Å². The van der Waals surface area contributed by atoms with E-state index in [-0.39, 0.29) is 23.2 Å². The molecule has 26 heavy (non-hydrogen) atoms. The zero-order valence-electron chi connectivity index (χ0n) is 14.0. The molecule has 0 radical (unpaired) electrons. The van der Waals surface area contributed by atoms with E-state index in [2.05, 4.69) is 10.6 Å².